The molecule has 0 aliphatic carbocycles. The Morgan fingerprint density at radius 3 is 2.66 bits per heavy atom. The Labute approximate surface area is 193 Å². The van der Waals surface area contributed by atoms with Gasteiger partial charge in [-0.3, -0.25) is 4.79 Å². The van der Waals surface area contributed by atoms with Crippen molar-refractivity contribution in [2.75, 3.05) is 6.61 Å². The van der Waals surface area contributed by atoms with Crippen LogP contribution in [0, 0.1) is 0 Å². The third-order valence-corrected chi connectivity index (χ3v) is 5.58. The topological polar surface area (TPSA) is 56.1 Å². The van der Waals surface area contributed by atoms with Gasteiger partial charge in [-0.2, -0.15) is 0 Å². The molecule has 4 rings (SSSR count). The summed E-state index contributed by atoms with van der Waals surface area (Å²) < 4.78 is 8.24. The van der Waals surface area contributed by atoms with E-state index in [1.54, 1.807) is 24.3 Å². The minimum Gasteiger partial charge on any atom is -0.491 e. The van der Waals surface area contributed by atoms with Crippen LogP contribution in [0.4, 0.5) is 0 Å². The number of ether oxygens (including phenoxy) is 1. The van der Waals surface area contributed by atoms with Crippen molar-refractivity contribution in [2.45, 2.75) is 32.9 Å². The molecule has 3 aromatic carbocycles. The zero-order valence-corrected chi connectivity index (χ0v) is 19.0. The van der Waals surface area contributed by atoms with Crippen LogP contribution in [0.1, 0.15) is 41.5 Å². The molecule has 5 nitrogen and oxygen atoms in total. The third kappa shape index (κ3) is 4.94. The van der Waals surface area contributed by atoms with Crippen molar-refractivity contribution in [3.63, 3.8) is 0 Å². The van der Waals surface area contributed by atoms with E-state index in [0.717, 1.165) is 22.6 Å². The number of aromatic nitrogens is 2. The Balaban J connectivity index is 1.50. The van der Waals surface area contributed by atoms with Crippen molar-refractivity contribution in [1.29, 1.82) is 0 Å². The summed E-state index contributed by atoms with van der Waals surface area (Å²) in [5, 5.41) is 3.49. The van der Waals surface area contributed by atoms with Crippen molar-refractivity contribution in [1.82, 2.24) is 14.9 Å². The lowest BCUT2D eigenvalue weighted by Gasteiger charge is -2.15. The summed E-state index contributed by atoms with van der Waals surface area (Å²) >= 11 is 6.01. The Bertz CT molecular complexity index is 1230. The van der Waals surface area contributed by atoms with Gasteiger partial charge < -0.3 is 14.6 Å². The number of hydrogen-bond acceptors (Lipinski definition) is 3. The van der Waals surface area contributed by atoms with Crippen molar-refractivity contribution in [3.8, 4) is 5.75 Å². The molecule has 4 aromatic rings. The Morgan fingerprint density at radius 1 is 1.06 bits per heavy atom. The molecule has 0 aliphatic rings. The van der Waals surface area contributed by atoms with Crippen molar-refractivity contribution >= 4 is 28.5 Å². The number of carbonyl (C=O) groups excluding carboxylic acids is 1. The average Bonchev–Trinajstić information content (AvgIpc) is 3.15. The minimum absolute atomic E-state index is 0.187. The number of para-hydroxylation sites is 3. The van der Waals surface area contributed by atoms with Gasteiger partial charge in [0.05, 0.1) is 24.1 Å². The number of nitrogens with one attached hydrogen (secondary N) is 1. The maximum atomic E-state index is 12.6. The molecule has 0 unspecified atom stereocenters. The summed E-state index contributed by atoms with van der Waals surface area (Å²) in [6.07, 6.45) is 0. The summed E-state index contributed by atoms with van der Waals surface area (Å²) in [5.41, 5.74) is 3.62. The molecule has 0 bridgehead atoms. The molecule has 0 saturated heterocycles. The highest BCUT2D eigenvalue weighted by molar-refractivity contribution is 6.30. The molecule has 1 amide bonds. The summed E-state index contributed by atoms with van der Waals surface area (Å²) in [5.74, 6) is 1.89. The fourth-order valence-corrected chi connectivity index (χ4v) is 3.93. The molecule has 0 atom stereocenters. The molecular weight excluding hydrogens is 422 g/mol. The SMILES string of the molecule is CC(C)c1ccccc1OCCn1c(CNC(=O)c2cccc(Cl)c2)nc2ccccc21. The molecular formula is C26H26ClN3O2. The molecule has 32 heavy (non-hydrogen) atoms. The van der Waals surface area contributed by atoms with Crippen LogP contribution in [0.25, 0.3) is 11.0 Å². The van der Waals surface area contributed by atoms with Crippen LogP contribution in [0.15, 0.2) is 72.8 Å². The normalized spacial score (nSPS) is 11.1. The van der Waals surface area contributed by atoms with E-state index in [9.17, 15) is 4.79 Å². The Kier molecular flexibility index (Phi) is 6.76. The molecule has 164 valence electrons. The lowest BCUT2D eigenvalue weighted by molar-refractivity contribution is 0.0949. The first-order valence-corrected chi connectivity index (χ1v) is 11.1. The lowest BCUT2D eigenvalue weighted by atomic mass is 10.0. The van der Waals surface area contributed by atoms with Gasteiger partial charge in [0.2, 0.25) is 0 Å². The summed E-state index contributed by atoms with van der Waals surface area (Å²) in [6, 6.07) is 23.0. The van der Waals surface area contributed by atoms with Gasteiger partial charge >= 0.3 is 0 Å². The van der Waals surface area contributed by atoms with Crippen LogP contribution in [-0.2, 0) is 13.1 Å². The number of imidazole rings is 1. The zero-order chi connectivity index (χ0) is 22.5. The third-order valence-electron chi connectivity index (χ3n) is 5.34. The summed E-state index contributed by atoms with van der Waals surface area (Å²) in [7, 11) is 0. The van der Waals surface area contributed by atoms with E-state index in [0.29, 0.717) is 36.2 Å². The fraction of sp³-hybridized carbons (Fsp3) is 0.231. The van der Waals surface area contributed by atoms with Gasteiger partial charge in [-0.05, 0) is 47.9 Å². The van der Waals surface area contributed by atoms with Crippen molar-refractivity contribution < 1.29 is 9.53 Å². The fourth-order valence-electron chi connectivity index (χ4n) is 3.74. The average molecular weight is 448 g/mol. The maximum absolute atomic E-state index is 12.6. The largest absolute Gasteiger partial charge is 0.491 e. The second kappa shape index (κ2) is 9.88. The van der Waals surface area contributed by atoms with Gasteiger partial charge in [-0.1, -0.05) is 61.8 Å². The summed E-state index contributed by atoms with van der Waals surface area (Å²) in [6.45, 7) is 5.75. The number of hydrogen-bond donors (Lipinski definition) is 1. The zero-order valence-electron chi connectivity index (χ0n) is 18.2. The predicted octanol–water partition coefficient (Wildman–Crippen LogP) is 5.82. The number of carbonyl (C=O) groups is 1. The number of rotatable bonds is 8. The van der Waals surface area contributed by atoms with E-state index in [2.05, 4.69) is 29.8 Å². The predicted molar refractivity (Wildman–Crippen MR) is 128 cm³/mol. The first-order chi connectivity index (χ1) is 15.5. The minimum atomic E-state index is -0.187. The summed E-state index contributed by atoms with van der Waals surface area (Å²) in [4.78, 5) is 17.3. The van der Waals surface area contributed by atoms with Crippen LogP contribution >= 0.6 is 11.6 Å². The molecule has 0 spiro atoms. The quantitative estimate of drug-likeness (QED) is 0.370. The second-order valence-corrected chi connectivity index (χ2v) is 8.34. The van der Waals surface area contributed by atoms with E-state index >= 15 is 0 Å². The molecule has 0 radical (unpaired) electrons. The van der Waals surface area contributed by atoms with Gasteiger partial charge in [-0.15, -0.1) is 0 Å². The van der Waals surface area contributed by atoms with Gasteiger partial charge in [0.25, 0.3) is 5.91 Å². The first kappa shape index (κ1) is 21.9. The number of amides is 1. The van der Waals surface area contributed by atoms with Crippen LogP contribution in [-0.4, -0.2) is 22.1 Å². The molecule has 0 fully saturated rings. The highest BCUT2D eigenvalue weighted by Crippen LogP contribution is 2.26. The van der Waals surface area contributed by atoms with E-state index in [-0.39, 0.29) is 5.91 Å². The molecule has 0 saturated carbocycles. The lowest BCUT2D eigenvalue weighted by Crippen LogP contribution is -2.25. The van der Waals surface area contributed by atoms with Crippen molar-refractivity contribution in [2.24, 2.45) is 0 Å². The van der Waals surface area contributed by atoms with Crippen LogP contribution in [0.3, 0.4) is 0 Å². The van der Waals surface area contributed by atoms with Crippen molar-refractivity contribution in [3.05, 3.63) is 94.8 Å². The van der Waals surface area contributed by atoms with Gasteiger partial charge in [-0.25, -0.2) is 4.98 Å². The number of nitrogens with zero attached hydrogens (tertiary/aromatic N) is 2. The monoisotopic (exact) mass is 447 g/mol. The number of fused-ring (bicyclic) bond motifs is 1. The maximum Gasteiger partial charge on any atom is 0.251 e. The van der Waals surface area contributed by atoms with Crippen LogP contribution < -0.4 is 10.1 Å². The molecule has 1 N–H and O–H groups in total. The number of benzene rings is 3. The highest BCUT2D eigenvalue weighted by Gasteiger charge is 2.13. The van der Waals surface area contributed by atoms with Crippen LogP contribution in [0.5, 0.6) is 5.75 Å². The van der Waals surface area contributed by atoms with E-state index in [1.807, 2.05) is 42.5 Å². The van der Waals surface area contributed by atoms with Crippen LogP contribution in [0.2, 0.25) is 5.02 Å². The smallest absolute Gasteiger partial charge is 0.251 e. The highest BCUT2D eigenvalue weighted by atomic mass is 35.5. The molecule has 6 heteroatoms. The van der Waals surface area contributed by atoms with Gasteiger partial charge in [0.15, 0.2) is 0 Å². The second-order valence-electron chi connectivity index (χ2n) is 7.90. The van der Waals surface area contributed by atoms with E-state index < -0.39 is 0 Å². The standard InChI is InChI=1S/C26H26ClN3O2/c1-18(2)21-10-3-6-13-24(21)32-15-14-30-23-12-5-4-11-22(23)29-25(30)17-28-26(31)19-8-7-9-20(27)16-19/h3-13,16,18H,14-15,17H2,1-2H3,(H,28,31). The van der Waals surface area contributed by atoms with E-state index in [4.69, 9.17) is 21.3 Å². The Morgan fingerprint density at radius 2 is 1.84 bits per heavy atom. The molecule has 0 aliphatic heterocycles. The first-order valence-electron chi connectivity index (χ1n) is 10.7. The molecule has 1 heterocycles. The van der Waals surface area contributed by atoms with Gasteiger partial charge in [0.1, 0.15) is 18.2 Å². The van der Waals surface area contributed by atoms with E-state index in [1.165, 1.54) is 5.56 Å². The number of halogens is 1. The molecule has 1 aromatic heterocycles. The van der Waals surface area contributed by atoms with Gasteiger partial charge in [0, 0.05) is 10.6 Å². The Hall–Kier alpha value is -3.31.